The van der Waals surface area contributed by atoms with Crippen molar-refractivity contribution in [3.05, 3.63) is 35.9 Å². The second kappa shape index (κ2) is 6.38. The number of benzene rings is 1. The van der Waals surface area contributed by atoms with Gasteiger partial charge in [-0.1, -0.05) is 6.07 Å². The molecule has 108 valence electrons. The molecule has 2 rings (SSSR count). The summed E-state index contributed by atoms with van der Waals surface area (Å²) < 4.78 is 12.8. The summed E-state index contributed by atoms with van der Waals surface area (Å²) in [6.07, 6.45) is 1.63. The van der Waals surface area contributed by atoms with Crippen LogP contribution in [-0.2, 0) is 7.05 Å². The summed E-state index contributed by atoms with van der Waals surface area (Å²) in [5, 5.41) is 4.23. The maximum Gasteiger partial charge on any atom is 0.171 e. The third kappa shape index (κ3) is 3.08. The van der Waals surface area contributed by atoms with Gasteiger partial charge in [0.05, 0.1) is 19.3 Å². The van der Waals surface area contributed by atoms with Crippen molar-refractivity contribution in [3.63, 3.8) is 0 Å². The molecule has 6 nitrogen and oxygen atoms in total. The van der Waals surface area contributed by atoms with Crippen LogP contribution in [0.5, 0.6) is 11.5 Å². The van der Waals surface area contributed by atoms with Gasteiger partial charge in [0.25, 0.3) is 0 Å². The van der Waals surface area contributed by atoms with Crippen LogP contribution in [0.3, 0.4) is 0 Å². The summed E-state index contributed by atoms with van der Waals surface area (Å²) in [7, 11) is 1.81. The molecule has 1 atom stereocenters. The van der Waals surface area contributed by atoms with E-state index in [1.165, 1.54) is 0 Å². The van der Waals surface area contributed by atoms with Crippen molar-refractivity contribution in [2.24, 2.45) is 12.8 Å². The lowest BCUT2D eigenvalue weighted by molar-refractivity contribution is 0.287. The molecule has 0 aliphatic heterocycles. The normalized spacial score (nSPS) is 12.2. The molecule has 0 saturated heterocycles. The molecule has 1 heterocycles. The van der Waals surface area contributed by atoms with Crippen molar-refractivity contribution in [1.82, 2.24) is 14.8 Å². The second-order valence-corrected chi connectivity index (χ2v) is 4.33. The Morgan fingerprint density at radius 2 is 1.90 bits per heavy atom. The van der Waals surface area contributed by atoms with Crippen molar-refractivity contribution in [1.29, 1.82) is 0 Å². The summed E-state index contributed by atoms with van der Waals surface area (Å²) in [6.45, 7) is 5.03. The summed E-state index contributed by atoms with van der Waals surface area (Å²) in [5.41, 5.74) is 7.08. The molecular formula is C14H20N4O2. The highest BCUT2D eigenvalue weighted by Gasteiger charge is 2.16. The average Bonchev–Trinajstić information content (AvgIpc) is 2.87. The topological polar surface area (TPSA) is 75.2 Å². The highest BCUT2D eigenvalue weighted by Crippen LogP contribution is 2.31. The first-order chi connectivity index (χ1) is 9.65. The largest absolute Gasteiger partial charge is 0.490 e. The van der Waals surface area contributed by atoms with Crippen LogP contribution in [0.25, 0.3) is 0 Å². The predicted octanol–water partition coefficient (Wildman–Crippen LogP) is 1.66. The Balaban J connectivity index is 2.29. The highest BCUT2D eigenvalue weighted by molar-refractivity contribution is 5.44. The third-order valence-corrected chi connectivity index (χ3v) is 2.82. The molecule has 0 fully saturated rings. The van der Waals surface area contributed by atoms with Gasteiger partial charge in [-0.3, -0.25) is 4.68 Å². The lowest BCUT2D eigenvalue weighted by Gasteiger charge is -2.14. The van der Waals surface area contributed by atoms with Gasteiger partial charge in [-0.2, -0.15) is 5.10 Å². The van der Waals surface area contributed by atoms with Crippen LogP contribution in [0.1, 0.15) is 31.3 Å². The number of aromatic nitrogens is 3. The van der Waals surface area contributed by atoms with Gasteiger partial charge in [-0.05, 0) is 31.5 Å². The molecule has 2 aromatic rings. The minimum Gasteiger partial charge on any atom is -0.490 e. The molecule has 0 spiro atoms. The third-order valence-electron chi connectivity index (χ3n) is 2.82. The summed E-state index contributed by atoms with van der Waals surface area (Å²) >= 11 is 0. The first kappa shape index (κ1) is 14.3. The number of rotatable bonds is 6. The molecule has 0 radical (unpaired) electrons. The van der Waals surface area contributed by atoms with Crippen molar-refractivity contribution in [2.45, 2.75) is 19.9 Å². The first-order valence-corrected chi connectivity index (χ1v) is 6.66. The van der Waals surface area contributed by atoms with Crippen molar-refractivity contribution >= 4 is 0 Å². The maximum absolute atomic E-state index is 6.18. The Bertz CT molecular complexity index is 568. The summed E-state index contributed by atoms with van der Waals surface area (Å²) in [6, 6.07) is 5.28. The molecule has 1 aromatic carbocycles. The van der Waals surface area contributed by atoms with E-state index >= 15 is 0 Å². The van der Waals surface area contributed by atoms with Gasteiger partial charge in [0.15, 0.2) is 17.3 Å². The van der Waals surface area contributed by atoms with E-state index in [-0.39, 0.29) is 6.04 Å². The highest BCUT2D eigenvalue weighted by atomic mass is 16.5. The smallest absolute Gasteiger partial charge is 0.171 e. The Morgan fingerprint density at radius 3 is 2.50 bits per heavy atom. The standard InChI is InChI=1S/C14H20N4O2/c1-4-19-11-7-6-10(8-12(11)20-5-2)13(15)14-16-9-18(3)17-14/h6-9,13H,4-5,15H2,1-3H3. The Morgan fingerprint density at radius 1 is 1.20 bits per heavy atom. The average molecular weight is 276 g/mol. The Hall–Kier alpha value is -2.08. The lowest BCUT2D eigenvalue weighted by atomic mass is 10.1. The zero-order chi connectivity index (χ0) is 14.5. The Labute approximate surface area is 118 Å². The van der Waals surface area contributed by atoms with E-state index in [1.807, 2.05) is 39.1 Å². The van der Waals surface area contributed by atoms with Crippen LogP contribution in [0.4, 0.5) is 0 Å². The monoisotopic (exact) mass is 276 g/mol. The van der Waals surface area contributed by atoms with E-state index in [9.17, 15) is 0 Å². The SMILES string of the molecule is CCOc1ccc(C(N)c2ncn(C)n2)cc1OCC. The van der Waals surface area contributed by atoms with E-state index in [0.717, 1.165) is 11.3 Å². The van der Waals surface area contributed by atoms with Crippen LogP contribution >= 0.6 is 0 Å². The maximum atomic E-state index is 6.18. The fourth-order valence-electron chi connectivity index (χ4n) is 1.91. The zero-order valence-electron chi connectivity index (χ0n) is 12.0. The van der Waals surface area contributed by atoms with Crippen LogP contribution < -0.4 is 15.2 Å². The van der Waals surface area contributed by atoms with E-state index in [2.05, 4.69) is 10.1 Å². The molecule has 6 heteroatoms. The van der Waals surface area contributed by atoms with E-state index in [1.54, 1.807) is 11.0 Å². The molecule has 0 saturated carbocycles. The van der Waals surface area contributed by atoms with Gasteiger partial charge in [0, 0.05) is 7.05 Å². The predicted molar refractivity (Wildman–Crippen MR) is 75.8 cm³/mol. The van der Waals surface area contributed by atoms with Crippen LogP contribution in [0.15, 0.2) is 24.5 Å². The molecule has 2 N–H and O–H groups in total. The molecular weight excluding hydrogens is 256 g/mol. The molecule has 0 aliphatic carbocycles. The minimum atomic E-state index is -0.383. The summed E-state index contributed by atoms with van der Waals surface area (Å²) in [5.74, 6) is 2.00. The van der Waals surface area contributed by atoms with Gasteiger partial charge < -0.3 is 15.2 Å². The molecule has 1 unspecified atom stereocenters. The van der Waals surface area contributed by atoms with Crippen molar-refractivity contribution in [2.75, 3.05) is 13.2 Å². The van der Waals surface area contributed by atoms with Gasteiger partial charge in [0.2, 0.25) is 0 Å². The fraction of sp³-hybridized carbons (Fsp3) is 0.429. The van der Waals surface area contributed by atoms with Crippen LogP contribution in [-0.4, -0.2) is 28.0 Å². The van der Waals surface area contributed by atoms with Crippen LogP contribution in [0.2, 0.25) is 0 Å². The minimum absolute atomic E-state index is 0.383. The zero-order valence-corrected chi connectivity index (χ0v) is 12.0. The molecule has 20 heavy (non-hydrogen) atoms. The van der Waals surface area contributed by atoms with E-state index < -0.39 is 0 Å². The van der Waals surface area contributed by atoms with Gasteiger partial charge in [-0.15, -0.1) is 0 Å². The quantitative estimate of drug-likeness (QED) is 0.868. The number of ether oxygens (including phenoxy) is 2. The molecule has 1 aromatic heterocycles. The number of nitrogens with two attached hydrogens (primary N) is 1. The van der Waals surface area contributed by atoms with E-state index in [0.29, 0.717) is 24.8 Å². The molecule has 0 aliphatic rings. The number of nitrogens with zero attached hydrogens (tertiary/aromatic N) is 3. The van der Waals surface area contributed by atoms with Gasteiger partial charge >= 0.3 is 0 Å². The Kier molecular flexibility index (Phi) is 4.57. The fourth-order valence-corrected chi connectivity index (χ4v) is 1.91. The van der Waals surface area contributed by atoms with Gasteiger partial charge in [-0.25, -0.2) is 4.98 Å². The lowest BCUT2D eigenvalue weighted by Crippen LogP contribution is -2.14. The van der Waals surface area contributed by atoms with Crippen LogP contribution in [0, 0.1) is 0 Å². The second-order valence-electron chi connectivity index (χ2n) is 4.33. The van der Waals surface area contributed by atoms with Gasteiger partial charge in [0.1, 0.15) is 6.33 Å². The molecule has 0 amide bonds. The van der Waals surface area contributed by atoms with Crippen molar-refractivity contribution < 1.29 is 9.47 Å². The number of hydrogen-bond acceptors (Lipinski definition) is 5. The number of aryl methyl sites for hydroxylation is 1. The number of hydrogen-bond donors (Lipinski definition) is 1. The summed E-state index contributed by atoms with van der Waals surface area (Å²) in [4.78, 5) is 4.18. The van der Waals surface area contributed by atoms with E-state index in [4.69, 9.17) is 15.2 Å². The van der Waals surface area contributed by atoms with Crippen molar-refractivity contribution in [3.8, 4) is 11.5 Å². The molecule has 0 bridgehead atoms. The first-order valence-electron chi connectivity index (χ1n) is 6.66.